The molecule has 26 heavy (non-hydrogen) atoms. The lowest BCUT2D eigenvalue weighted by atomic mass is 9.95. The number of hydrogen-bond donors (Lipinski definition) is 3. The van der Waals surface area contributed by atoms with E-state index in [9.17, 15) is 24.0 Å². The van der Waals surface area contributed by atoms with Gasteiger partial charge in [0, 0.05) is 5.41 Å². The van der Waals surface area contributed by atoms with Crippen molar-refractivity contribution in [3.05, 3.63) is 0 Å². The Morgan fingerprint density at radius 2 is 1.85 bits per heavy atom. The summed E-state index contributed by atoms with van der Waals surface area (Å²) >= 11 is 0. The van der Waals surface area contributed by atoms with E-state index >= 15 is 0 Å². The lowest BCUT2D eigenvalue weighted by Crippen LogP contribution is -2.50. The Morgan fingerprint density at radius 3 is 2.31 bits per heavy atom. The molecule has 10 nitrogen and oxygen atoms in total. The van der Waals surface area contributed by atoms with Gasteiger partial charge in [-0.05, 0) is 20.3 Å². The van der Waals surface area contributed by atoms with Crippen molar-refractivity contribution in [3.63, 3.8) is 0 Å². The number of nitrogens with zero attached hydrogens (tertiary/aromatic N) is 1. The standard InChI is InChI=1S/C16H26N4O6/c1-7-16(6)13(24)20(14(25)18-16)19-10(21)8-26-11(22)9(2)17-12(23)15(3,4)5/h9H,7-8H2,1-6H3,(H,17,23)(H,18,25)(H,19,21). The molecule has 0 radical (unpaired) electrons. The molecule has 0 aromatic heterocycles. The van der Waals surface area contributed by atoms with E-state index in [-0.39, 0.29) is 5.91 Å². The number of hydrazine groups is 1. The monoisotopic (exact) mass is 370 g/mol. The molecule has 5 amide bonds. The number of carbonyl (C=O) groups is 5. The van der Waals surface area contributed by atoms with Gasteiger partial charge < -0.3 is 15.4 Å². The molecular formula is C16H26N4O6. The van der Waals surface area contributed by atoms with Crippen molar-refractivity contribution < 1.29 is 28.7 Å². The highest BCUT2D eigenvalue weighted by atomic mass is 16.5. The van der Waals surface area contributed by atoms with E-state index in [0.29, 0.717) is 11.4 Å². The predicted octanol–water partition coefficient (Wildman–Crippen LogP) is -0.168. The van der Waals surface area contributed by atoms with Crippen molar-refractivity contribution in [3.8, 4) is 0 Å². The summed E-state index contributed by atoms with van der Waals surface area (Å²) in [5.74, 6) is -2.61. The van der Waals surface area contributed by atoms with Crippen molar-refractivity contribution >= 4 is 29.7 Å². The molecule has 146 valence electrons. The number of carbonyl (C=O) groups excluding carboxylic acids is 5. The summed E-state index contributed by atoms with van der Waals surface area (Å²) in [6.07, 6.45) is 0.351. The Morgan fingerprint density at radius 1 is 1.27 bits per heavy atom. The summed E-state index contributed by atoms with van der Waals surface area (Å²) in [5, 5.41) is 5.51. The molecule has 2 unspecified atom stereocenters. The predicted molar refractivity (Wildman–Crippen MR) is 90.2 cm³/mol. The third-order valence-corrected chi connectivity index (χ3v) is 3.93. The Balaban J connectivity index is 2.52. The van der Waals surface area contributed by atoms with Crippen LogP contribution in [0.15, 0.2) is 0 Å². The summed E-state index contributed by atoms with van der Waals surface area (Å²) in [6, 6.07) is -1.71. The first kappa shape index (κ1) is 21.4. The highest BCUT2D eigenvalue weighted by Crippen LogP contribution is 2.19. The number of hydrogen-bond acceptors (Lipinski definition) is 6. The molecule has 0 bridgehead atoms. The van der Waals surface area contributed by atoms with Gasteiger partial charge in [-0.25, -0.2) is 9.59 Å². The molecular weight excluding hydrogens is 344 g/mol. The van der Waals surface area contributed by atoms with E-state index in [4.69, 9.17) is 4.74 Å². The number of amides is 5. The maximum atomic E-state index is 12.1. The van der Waals surface area contributed by atoms with E-state index in [1.54, 1.807) is 34.6 Å². The molecule has 1 rings (SSSR count). The van der Waals surface area contributed by atoms with Crippen LogP contribution in [0.4, 0.5) is 4.79 Å². The van der Waals surface area contributed by atoms with Crippen molar-refractivity contribution in [2.75, 3.05) is 6.61 Å². The quantitative estimate of drug-likeness (QED) is 0.439. The lowest BCUT2D eigenvalue weighted by molar-refractivity contribution is -0.153. The number of imide groups is 1. The average Bonchev–Trinajstić information content (AvgIpc) is 2.75. The largest absolute Gasteiger partial charge is 0.454 e. The molecule has 3 N–H and O–H groups in total. The Kier molecular flexibility index (Phi) is 6.34. The van der Waals surface area contributed by atoms with E-state index in [1.165, 1.54) is 6.92 Å². The number of urea groups is 1. The Labute approximate surface area is 152 Å². The highest BCUT2D eigenvalue weighted by molar-refractivity contribution is 6.07. The van der Waals surface area contributed by atoms with Crippen molar-refractivity contribution in [1.29, 1.82) is 0 Å². The molecule has 0 saturated carbocycles. The second kappa shape index (κ2) is 7.71. The van der Waals surface area contributed by atoms with E-state index in [0.717, 1.165) is 0 Å². The third kappa shape index (κ3) is 4.93. The van der Waals surface area contributed by atoms with E-state index in [2.05, 4.69) is 16.1 Å². The van der Waals surface area contributed by atoms with Crippen molar-refractivity contribution in [1.82, 2.24) is 21.1 Å². The van der Waals surface area contributed by atoms with Gasteiger partial charge >= 0.3 is 12.0 Å². The summed E-state index contributed by atoms with van der Waals surface area (Å²) in [7, 11) is 0. The first-order valence-electron chi connectivity index (χ1n) is 8.25. The minimum Gasteiger partial charge on any atom is -0.454 e. The van der Waals surface area contributed by atoms with E-state index < -0.39 is 47.4 Å². The topological polar surface area (TPSA) is 134 Å². The van der Waals surface area contributed by atoms with Gasteiger partial charge in [-0.2, -0.15) is 5.01 Å². The zero-order valence-electron chi connectivity index (χ0n) is 15.9. The second-order valence-corrected chi connectivity index (χ2v) is 7.34. The molecule has 2 atom stereocenters. The number of esters is 1. The fraction of sp³-hybridized carbons (Fsp3) is 0.688. The summed E-state index contributed by atoms with van der Waals surface area (Å²) < 4.78 is 4.80. The molecule has 1 heterocycles. The molecule has 10 heteroatoms. The van der Waals surface area contributed by atoms with Gasteiger partial charge in [0.1, 0.15) is 11.6 Å². The van der Waals surface area contributed by atoms with Crippen molar-refractivity contribution in [2.45, 2.75) is 59.5 Å². The Bertz CT molecular complexity index is 627. The molecule has 1 fully saturated rings. The SMILES string of the molecule is CCC1(C)NC(=O)N(NC(=O)COC(=O)C(C)NC(=O)C(C)(C)C)C1=O. The van der Waals surface area contributed by atoms with Gasteiger partial charge in [-0.3, -0.25) is 19.8 Å². The van der Waals surface area contributed by atoms with Crippen LogP contribution in [0.3, 0.4) is 0 Å². The smallest absolute Gasteiger partial charge is 0.344 e. The molecule has 0 aromatic carbocycles. The van der Waals surface area contributed by atoms with Crippen LogP contribution in [-0.2, 0) is 23.9 Å². The maximum Gasteiger partial charge on any atom is 0.344 e. The molecule has 0 spiro atoms. The number of rotatable bonds is 6. The first-order chi connectivity index (χ1) is 11.8. The second-order valence-electron chi connectivity index (χ2n) is 7.34. The van der Waals surface area contributed by atoms with Gasteiger partial charge in [-0.1, -0.05) is 27.7 Å². The van der Waals surface area contributed by atoms with Gasteiger partial charge in [0.15, 0.2) is 6.61 Å². The van der Waals surface area contributed by atoms with Crippen LogP contribution in [0, 0.1) is 5.41 Å². The molecule has 1 aliphatic rings. The minimum atomic E-state index is -1.09. The number of nitrogens with one attached hydrogen (secondary N) is 3. The van der Waals surface area contributed by atoms with Crippen LogP contribution >= 0.6 is 0 Å². The first-order valence-corrected chi connectivity index (χ1v) is 8.25. The van der Waals surface area contributed by atoms with Gasteiger partial charge in [-0.15, -0.1) is 0 Å². The maximum absolute atomic E-state index is 12.1. The fourth-order valence-corrected chi connectivity index (χ4v) is 1.92. The molecule has 1 aliphatic heterocycles. The van der Waals surface area contributed by atoms with Crippen molar-refractivity contribution in [2.24, 2.45) is 5.41 Å². The summed E-state index contributed by atoms with van der Waals surface area (Å²) in [5.41, 5.74) is 0.326. The van der Waals surface area contributed by atoms with Crippen LogP contribution < -0.4 is 16.1 Å². The van der Waals surface area contributed by atoms with Gasteiger partial charge in [0.05, 0.1) is 0 Å². The average molecular weight is 370 g/mol. The van der Waals surface area contributed by atoms with Crippen LogP contribution in [-0.4, -0.2) is 52.9 Å². The fourth-order valence-electron chi connectivity index (χ4n) is 1.92. The van der Waals surface area contributed by atoms with Crippen LogP contribution in [0.25, 0.3) is 0 Å². The van der Waals surface area contributed by atoms with Crippen LogP contribution in [0.5, 0.6) is 0 Å². The lowest BCUT2D eigenvalue weighted by Gasteiger charge is -2.21. The zero-order chi connectivity index (χ0) is 20.3. The highest BCUT2D eigenvalue weighted by Gasteiger charge is 2.47. The summed E-state index contributed by atoms with van der Waals surface area (Å²) in [4.78, 5) is 59.4. The van der Waals surface area contributed by atoms with Gasteiger partial charge in [0.25, 0.3) is 11.8 Å². The molecule has 0 aliphatic carbocycles. The van der Waals surface area contributed by atoms with Crippen LogP contribution in [0.1, 0.15) is 48.0 Å². The van der Waals surface area contributed by atoms with E-state index in [1.807, 2.05) is 0 Å². The molecule has 0 aromatic rings. The summed E-state index contributed by atoms with van der Waals surface area (Å²) in [6.45, 7) is 9.06. The molecule has 1 saturated heterocycles. The van der Waals surface area contributed by atoms with Crippen LogP contribution in [0.2, 0.25) is 0 Å². The Hall–Kier alpha value is -2.65. The minimum absolute atomic E-state index is 0.343. The zero-order valence-corrected chi connectivity index (χ0v) is 15.9. The normalized spacial score (nSPS) is 21.1. The third-order valence-electron chi connectivity index (χ3n) is 3.93. The number of ether oxygens (including phenoxy) is 1. The van der Waals surface area contributed by atoms with Gasteiger partial charge in [0.2, 0.25) is 5.91 Å².